The fourth-order valence-electron chi connectivity index (χ4n) is 2.32. The molecule has 120 valence electrons. The quantitative estimate of drug-likeness (QED) is 0.877. The molecule has 0 bridgehead atoms. The van der Waals surface area contributed by atoms with Crippen LogP contribution in [0, 0.1) is 0 Å². The molecular weight excluding hydrogens is 299 g/mol. The summed E-state index contributed by atoms with van der Waals surface area (Å²) in [4.78, 5) is 22.7. The van der Waals surface area contributed by atoms with Crippen molar-refractivity contribution in [3.63, 3.8) is 0 Å². The number of hydrogen-bond acceptors (Lipinski definition) is 2. The molecule has 1 saturated carbocycles. The first-order valence-electron chi connectivity index (χ1n) is 6.96. The van der Waals surface area contributed by atoms with Gasteiger partial charge >= 0.3 is 12.1 Å². The lowest BCUT2D eigenvalue weighted by Gasteiger charge is -2.25. The van der Waals surface area contributed by atoms with Crippen molar-refractivity contribution < 1.29 is 27.9 Å². The van der Waals surface area contributed by atoms with Crippen LogP contribution in [0.3, 0.4) is 0 Å². The van der Waals surface area contributed by atoms with Crippen LogP contribution in [0.4, 0.5) is 13.2 Å². The standard InChI is InChI=1S/C15H16F3NO3/c16-15(17,18)8-12(14(21)22)19-13(20)11-6-4-10(5-7-11)9-2-1-3-9/h4-7,9,12H,1-3,8H2,(H,19,20)(H,21,22). The van der Waals surface area contributed by atoms with Gasteiger partial charge in [0.1, 0.15) is 6.04 Å². The SMILES string of the molecule is O=C(NC(CC(F)(F)F)C(=O)O)c1ccc(C2CCC2)cc1. The fraction of sp³-hybridized carbons (Fsp3) is 0.467. The monoisotopic (exact) mass is 315 g/mol. The maximum Gasteiger partial charge on any atom is 0.391 e. The van der Waals surface area contributed by atoms with Crippen molar-refractivity contribution in [1.29, 1.82) is 0 Å². The number of carbonyl (C=O) groups excluding carboxylic acids is 1. The molecule has 1 unspecified atom stereocenters. The molecule has 0 saturated heterocycles. The van der Waals surface area contributed by atoms with E-state index in [0.29, 0.717) is 5.92 Å². The molecule has 1 aromatic carbocycles. The summed E-state index contributed by atoms with van der Waals surface area (Å²) in [5.74, 6) is -2.05. The smallest absolute Gasteiger partial charge is 0.391 e. The molecular formula is C15H16F3NO3. The average molecular weight is 315 g/mol. The number of nitrogens with one attached hydrogen (secondary N) is 1. The molecule has 4 nitrogen and oxygen atoms in total. The van der Waals surface area contributed by atoms with Gasteiger partial charge < -0.3 is 10.4 Å². The minimum Gasteiger partial charge on any atom is -0.480 e. The zero-order valence-corrected chi connectivity index (χ0v) is 11.7. The van der Waals surface area contributed by atoms with Crippen LogP contribution >= 0.6 is 0 Å². The van der Waals surface area contributed by atoms with E-state index in [0.717, 1.165) is 18.4 Å². The van der Waals surface area contributed by atoms with E-state index in [1.165, 1.54) is 18.6 Å². The third-order valence-corrected chi connectivity index (χ3v) is 3.79. The zero-order valence-electron chi connectivity index (χ0n) is 11.7. The lowest BCUT2D eigenvalue weighted by molar-refractivity contribution is -0.157. The minimum atomic E-state index is -4.66. The van der Waals surface area contributed by atoms with Crippen molar-refractivity contribution in [1.82, 2.24) is 5.32 Å². The van der Waals surface area contributed by atoms with Crippen LogP contribution in [0.1, 0.15) is 47.5 Å². The van der Waals surface area contributed by atoms with Gasteiger partial charge in [0, 0.05) is 5.56 Å². The van der Waals surface area contributed by atoms with Crippen molar-refractivity contribution in [2.45, 2.75) is 43.8 Å². The van der Waals surface area contributed by atoms with E-state index in [2.05, 4.69) is 0 Å². The van der Waals surface area contributed by atoms with Gasteiger partial charge in [-0.15, -0.1) is 0 Å². The Morgan fingerprint density at radius 3 is 2.23 bits per heavy atom. The van der Waals surface area contributed by atoms with E-state index in [-0.39, 0.29) is 5.56 Å². The molecule has 1 aliphatic rings. The number of carboxylic acids is 1. The van der Waals surface area contributed by atoms with E-state index >= 15 is 0 Å². The van der Waals surface area contributed by atoms with Crippen LogP contribution in [0.2, 0.25) is 0 Å². The van der Waals surface area contributed by atoms with Gasteiger partial charge in [-0.3, -0.25) is 4.79 Å². The van der Waals surface area contributed by atoms with Crippen molar-refractivity contribution in [2.24, 2.45) is 0 Å². The van der Waals surface area contributed by atoms with Crippen LogP contribution in [-0.2, 0) is 4.79 Å². The van der Waals surface area contributed by atoms with Gasteiger partial charge in [-0.1, -0.05) is 18.6 Å². The Kier molecular flexibility index (Phi) is 4.73. The molecule has 22 heavy (non-hydrogen) atoms. The summed E-state index contributed by atoms with van der Waals surface area (Å²) < 4.78 is 36.9. The number of benzene rings is 1. The van der Waals surface area contributed by atoms with Crippen LogP contribution in [0.5, 0.6) is 0 Å². The van der Waals surface area contributed by atoms with Gasteiger partial charge in [0.2, 0.25) is 0 Å². The maximum atomic E-state index is 12.3. The number of halogens is 3. The van der Waals surface area contributed by atoms with E-state index in [1.807, 2.05) is 5.32 Å². The molecule has 2 rings (SSSR count). The Hall–Kier alpha value is -2.05. The first-order chi connectivity index (χ1) is 10.3. The second-order valence-corrected chi connectivity index (χ2v) is 5.43. The molecule has 0 radical (unpaired) electrons. The molecule has 1 aromatic rings. The summed E-state index contributed by atoms with van der Waals surface area (Å²) in [6, 6.07) is 4.56. The molecule has 0 aromatic heterocycles. The summed E-state index contributed by atoms with van der Waals surface area (Å²) in [7, 11) is 0. The van der Waals surface area contributed by atoms with Crippen LogP contribution in [0.15, 0.2) is 24.3 Å². The molecule has 1 amide bonds. The molecule has 1 fully saturated rings. The Labute approximate surface area is 125 Å². The summed E-state index contributed by atoms with van der Waals surface area (Å²) in [6.45, 7) is 0. The lowest BCUT2D eigenvalue weighted by Crippen LogP contribution is -2.43. The number of alkyl halides is 3. The third kappa shape index (κ3) is 4.22. The third-order valence-electron chi connectivity index (χ3n) is 3.79. The highest BCUT2D eigenvalue weighted by Crippen LogP contribution is 2.36. The summed E-state index contributed by atoms with van der Waals surface area (Å²) in [6.07, 6.45) is -2.90. The second kappa shape index (κ2) is 6.37. The first-order valence-corrected chi connectivity index (χ1v) is 6.96. The number of carboxylic acid groups (broad SMARTS) is 1. The van der Waals surface area contributed by atoms with E-state index in [1.54, 1.807) is 12.1 Å². The fourth-order valence-corrected chi connectivity index (χ4v) is 2.32. The summed E-state index contributed by atoms with van der Waals surface area (Å²) >= 11 is 0. The van der Waals surface area contributed by atoms with Gasteiger partial charge in [0.15, 0.2) is 0 Å². The molecule has 0 spiro atoms. The van der Waals surface area contributed by atoms with Gasteiger partial charge in [-0.25, -0.2) is 4.79 Å². The summed E-state index contributed by atoms with van der Waals surface area (Å²) in [5.41, 5.74) is 1.24. The largest absolute Gasteiger partial charge is 0.480 e. The van der Waals surface area contributed by atoms with Crippen LogP contribution < -0.4 is 5.32 Å². The normalized spacial score (nSPS) is 16.7. The molecule has 0 aliphatic heterocycles. The van der Waals surface area contributed by atoms with Crippen molar-refractivity contribution in [3.05, 3.63) is 35.4 Å². The number of aliphatic carboxylic acids is 1. The van der Waals surface area contributed by atoms with Crippen molar-refractivity contribution in [3.8, 4) is 0 Å². The Bertz CT molecular complexity index is 550. The van der Waals surface area contributed by atoms with Gasteiger partial charge in [-0.2, -0.15) is 13.2 Å². The maximum absolute atomic E-state index is 12.3. The highest BCUT2D eigenvalue weighted by atomic mass is 19.4. The minimum absolute atomic E-state index is 0.150. The predicted octanol–water partition coefficient (Wildman–Crippen LogP) is 3.09. The number of amides is 1. The predicted molar refractivity (Wildman–Crippen MR) is 72.6 cm³/mol. The highest BCUT2D eigenvalue weighted by molar-refractivity contribution is 5.96. The van der Waals surface area contributed by atoms with Crippen LogP contribution in [-0.4, -0.2) is 29.2 Å². The highest BCUT2D eigenvalue weighted by Gasteiger charge is 2.36. The molecule has 7 heteroatoms. The lowest BCUT2D eigenvalue weighted by atomic mass is 9.80. The van der Waals surface area contributed by atoms with E-state index in [9.17, 15) is 22.8 Å². The second-order valence-electron chi connectivity index (χ2n) is 5.43. The van der Waals surface area contributed by atoms with Gasteiger partial charge in [-0.05, 0) is 36.5 Å². The average Bonchev–Trinajstić information content (AvgIpc) is 2.35. The molecule has 1 aliphatic carbocycles. The Morgan fingerprint density at radius 1 is 1.23 bits per heavy atom. The van der Waals surface area contributed by atoms with Gasteiger partial charge in [0.05, 0.1) is 6.42 Å². The van der Waals surface area contributed by atoms with E-state index in [4.69, 9.17) is 5.11 Å². The van der Waals surface area contributed by atoms with Crippen molar-refractivity contribution in [2.75, 3.05) is 0 Å². The van der Waals surface area contributed by atoms with Crippen LogP contribution in [0.25, 0.3) is 0 Å². The first kappa shape index (κ1) is 16.3. The number of carbonyl (C=O) groups is 2. The Balaban J connectivity index is 2.01. The summed E-state index contributed by atoms with van der Waals surface area (Å²) in [5, 5.41) is 10.7. The van der Waals surface area contributed by atoms with Crippen molar-refractivity contribution >= 4 is 11.9 Å². The molecule has 2 N–H and O–H groups in total. The zero-order chi connectivity index (χ0) is 16.3. The topological polar surface area (TPSA) is 66.4 Å². The molecule has 1 atom stereocenters. The number of rotatable bonds is 5. The number of hydrogen-bond donors (Lipinski definition) is 2. The Morgan fingerprint density at radius 2 is 1.82 bits per heavy atom. The van der Waals surface area contributed by atoms with Gasteiger partial charge in [0.25, 0.3) is 5.91 Å². The van der Waals surface area contributed by atoms with E-state index < -0.39 is 30.5 Å². The molecule has 0 heterocycles.